The van der Waals surface area contributed by atoms with E-state index in [1.807, 2.05) is 0 Å². The average Bonchev–Trinajstić information content (AvgIpc) is 3.32. The van der Waals surface area contributed by atoms with E-state index in [1.165, 1.54) is 9.80 Å². The fourth-order valence-electron chi connectivity index (χ4n) is 3.47. The number of hydrogen-bond acceptors (Lipinski definition) is 7. The Morgan fingerprint density at radius 2 is 1.83 bits per heavy atom. The van der Waals surface area contributed by atoms with Gasteiger partial charge in [0.1, 0.15) is 34.8 Å². The first-order valence-corrected chi connectivity index (χ1v) is 12.6. The number of amides is 2. The molecule has 194 valence electrons. The van der Waals surface area contributed by atoms with Crippen molar-refractivity contribution in [3.05, 3.63) is 65.2 Å². The second-order valence-electron chi connectivity index (χ2n) is 7.95. The number of ether oxygens (including phenoxy) is 1. The Hall–Kier alpha value is -3.42. The minimum atomic E-state index is -4.22. The summed E-state index contributed by atoms with van der Waals surface area (Å²) in [4.78, 5) is 29.5. The first-order chi connectivity index (χ1) is 17.1. The molecule has 0 saturated carbocycles. The molecule has 36 heavy (non-hydrogen) atoms. The standard InChI is InChI=1S/C23H26F2N4O6S/c1-28(13-16-5-7-17(8-6-16)22-27-9-11-29(22)23(31)32)20(30)14-35-12-10-26-15-36(33,34)21-18(24)3-2-4-19(21)25/h2-8,26H,9-15H2,1H3,(H,31,32). The van der Waals surface area contributed by atoms with E-state index < -0.39 is 38.3 Å². The number of aliphatic imine (C=N–C) groups is 1. The van der Waals surface area contributed by atoms with Gasteiger partial charge in [-0.2, -0.15) is 0 Å². The molecule has 10 nitrogen and oxygen atoms in total. The van der Waals surface area contributed by atoms with Crippen molar-refractivity contribution < 1.29 is 36.6 Å². The number of nitrogens with one attached hydrogen (secondary N) is 1. The number of carbonyl (C=O) groups is 2. The summed E-state index contributed by atoms with van der Waals surface area (Å²) < 4.78 is 56.9. The van der Waals surface area contributed by atoms with Gasteiger partial charge in [-0.3, -0.25) is 14.7 Å². The molecule has 0 aliphatic carbocycles. The largest absolute Gasteiger partial charge is 0.465 e. The predicted molar refractivity (Wildman–Crippen MR) is 126 cm³/mol. The van der Waals surface area contributed by atoms with Crippen LogP contribution in [0, 0.1) is 11.6 Å². The zero-order valence-electron chi connectivity index (χ0n) is 19.5. The van der Waals surface area contributed by atoms with Crippen molar-refractivity contribution in [1.29, 1.82) is 0 Å². The lowest BCUT2D eigenvalue weighted by Crippen LogP contribution is -2.33. The molecule has 0 bridgehead atoms. The van der Waals surface area contributed by atoms with E-state index >= 15 is 0 Å². The molecule has 0 unspecified atom stereocenters. The third-order valence-corrected chi connectivity index (χ3v) is 6.90. The highest BCUT2D eigenvalue weighted by molar-refractivity contribution is 7.91. The predicted octanol–water partition coefficient (Wildman–Crippen LogP) is 1.70. The van der Waals surface area contributed by atoms with Gasteiger partial charge in [-0.1, -0.05) is 30.3 Å². The van der Waals surface area contributed by atoms with E-state index in [0.717, 1.165) is 23.8 Å². The molecule has 0 spiro atoms. The summed E-state index contributed by atoms with van der Waals surface area (Å²) >= 11 is 0. The maximum Gasteiger partial charge on any atom is 0.413 e. The highest BCUT2D eigenvalue weighted by Gasteiger charge is 2.25. The smallest absolute Gasteiger partial charge is 0.413 e. The Morgan fingerprint density at radius 1 is 1.17 bits per heavy atom. The van der Waals surface area contributed by atoms with Gasteiger partial charge in [-0.25, -0.2) is 22.0 Å². The van der Waals surface area contributed by atoms with Crippen LogP contribution in [-0.4, -0.2) is 86.9 Å². The number of amidine groups is 1. The van der Waals surface area contributed by atoms with Gasteiger partial charge in [-0.05, 0) is 17.7 Å². The summed E-state index contributed by atoms with van der Waals surface area (Å²) in [6.45, 7) is 0.837. The molecule has 2 aromatic carbocycles. The van der Waals surface area contributed by atoms with Crippen molar-refractivity contribution in [3.63, 3.8) is 0 Å². The van der Waals surface area contributed by atoms with Gasteiger partial charge in [0.25, 0.3) is 0 Å². The van der Waals surface area contributed by atoms with Crippen LogP contribution in [0.15, 0.2) is 52.4 Å². The molecule has 2 aromatic rings. The Balaban J connectivity index is 1.39. The molecule has 2 amide bonds. The summed E-state index contributed by atoms with van der Waals surface area (Å²) in [5.74, 6) is -2.92. The Labute approximate surface area is 207 Å². The Morgan fingerprint density at radius 3 is 2.47 bits per heavy atom. The van der Waals surface area contributed by atoms with E-state index in [0.29, 0.717) is 31.0 Å². The van der Waals surface area contributed by atoms with Gasteiger partial charge >= 0.3 is 6.09 Å². The van der Waals surface area contributed by atoms with Gasteiger partial charge < -0.3 is 20.1 Å². The molecule has 1 aliphatic rings. The van der Waals surface area contributed by atoms with Crippen LogP contribution < -0.4 is 5.32 Å². The van der Waals surface area contributed by atoms with E-state index in [1.54, 1.807) is 31.3 Å². The summed E-state index contributed by atoms with van der Waals surface area (Å²) in [7, 11) is -2.62. The molecule has 13 heteroatoms. The number of nitrogens with zero attached hydrogens (tertiary/aromatic N) is 3. The van der Waals surface area contributed by atoms with Crippen LogP contribution in [0.1, 0.15) is 11.1 Å². The molecule has 0 fully saturated rings. The third-order valence-electron chi connectivity index (χ3n) is 5.30. The molecular formula is C23H26F2N4O6S. The van der Waals surface area contributed by atoms with E-state index in [2.05, 4.69) is 10.3 Å². The van der Waals surface area contributed by atoms with Crippen LogP contribution >= 0.6 is 0 Å². The van der Waals surface area contributed by atoms with Crippen LogP contribution in [0.3, 0.4) is 0 Å². The molecule has 0 radical (unpaired) electrons. The molecule has 0 atom stereocenters. The number of benzene rings is 2. The first-order valence-electron chi connectivity index (χ1n) is 10.9. The summed E-state index contributed by atoms with van der Waals surface area (Å²) in [6.07, 6.45) is -1.06. The number of carboxylic acid groups (broad SMARTS) is 1. The zero-order valence-corrected chi connectivity index (χ0v) is 20.3. The highest BCUT2D eigenvalue weighted by Crippen LogP contribution is 2.19. The summed E-state index contributed by atoms with van der Waals surface area (Å²) in [5.41, 5.74) is 1.49. The van der Waals surface area contributed by atoms with E-state index in [4.69, 9.17) is 4.74 Å². The van der Waals surface area contributed by atoms with Crippen LogP contribution in [0.5, 0.6) is 0 Å². The number of carbonyl (C=O) groups excluding carboxylic acids is 1. The van der Waals surface area contributed by atoms with Gasteiger partial charge in [0.15, 0.2) is 9.84 Å². The number of hydrogen-bond donors (Lipinski definition) is 2. The Kier molecular flexibility index (Phi) is 9.07. The lowest BCUT2D eigenvalue weighted by Gasteiger charge is -2.18. The van der Waals surface area contributed by atoms with Gasteiger partial charge in [-0.15, -0.1) is 0 Å². The van der Waals surface area contributed by atoms with Crippen molar-refractivity contribution >= 4 is 27.7 Å². The van der Waals surface area contributed by atoms with Gasteiger partial charge in [0, 0.05) is 25.7 Å². The fourth-order valence-corrected chi connectivity index (χ4v) is 4.76. The molecule has 3 rings (SSSR count). The second-order valence-corrected chi connectivity index (χ2v) is 9.88. The summed E-state index contributed by atoms with van der Waals surface area (Å²) in [6, 6.07) is 9.87. The Bertz CT molecular complexity index is 1220. The third kappa shape index (κ3) is 6.83. The van der Waals surface area contributed by atoms with Crippen molar-refractivity contribution in [2.45, 2.75) is 11.4 Å². The number of sulfone groups is 1. The molecule has 2 N–H and O–H groups in total. The first kappa shape index (κ1) is 27.2. The fraction of sp³-hybridized carbons (Fsp3) is 0.348. The maximum atomic E-state index is 13.7. The molecule has 0 saturated heterocycles. The molecule has 1 heterocycles. The SMILES string of the molecule is CN(Cc1ccc(C2=NCCN2C(=O)O)cc1)C(=O)COCCNCS(=O)(=O)c1c(F)cccc1F. The zero-order chi connectivity index (χ0) is 26.3. The van der Waals surface area contributed by atoms with Crippen molar-refractivity contribution in [2.24, 2.45) is 4.99 Å². The molecule has 1 aliphatic heterocycles. The second kappa shape index (κ2) is 12.0. The van der Waals surface area contributed by atoms with Crippen LogP contribution in [0.4, 0.5) is 13.6 Å². The summed E-state index contributed by atoms with van der Waals surface area (Å²) in [5, 5.41) is 11.8. The number of halogens is 2. The average molecular weight is 525 g/mol. The normalized spacial score (nSPS) is 13.5. The van der Waals surface area contributed by atoms with Gasteiger partial charge in [0.2, 0.25) is 5.91 Å². The van der Waals surface area contributed by atoms with Crippen molar-refractivity contribution in [3.8, 4) is 0 Å². The van der Waals surface area contributed by atoms with Gasteiger partial charge in [0.05, 0.1) is 19.7 Å². The monoisotopic (exact) mass is 524 g/mol. The topological polar surface area (TPSA) is 129 Å². The van der Waals surface area contributed by atoms with Crippen molar-refractivity contribution in [2.75, 3.05) is 45.8 Å². The van der Waals surface area contributed by atoms with E-state index in [9.17, 15) is 31.9 Å². The minimum Gasteiger partial charge on any atom is -0.465 e. The maximum absolute atomic E-state index is 13.7. The van der Waals surface area contributed by atoms with Crippen LogP contribution in [-0.2, 0) is 25.9 Å². The van der Waals surface area contributed by atoms with Crippen LogP contribution in [0.2, 0.25) is 0 Å². The number of rotatable bonds is 11. The van der Waals surface area contributed by atoms with Crippen molar-refractivity contribution in [1.82, 2.24) is 15.1 Å². The molecule has 0 aromatic heterocycles. The van der Waals surface area contributed by atoms with E-state index in [-0.39, 0.29) is 25.7 Å². The quantitative estimate of drug-likeness (QED) is 0.428. The van der Waals surface area contributed by atoms with Crippen LogP contribution in [0.25, 0.3) is 0 Å². The molecular weight excluding hydrogens is 498 g/mol. The lowest BCUT2D eigenvalue weighted by molar-refractivity contribution is -0.135. The highest BCUT2D eigenvalue weighted by atomic mass is 32.2. The lowest BCUT2D eigenvalue weighted by atomic mass is 10.1. The minimum absolute atomic E-state index is 0.00569. The number of likely N-dealkylation sites (N-methyl/N-ethyl adjacent to an activating group) is 1.